The van der Waals surface area contributed by atoms with Gasteiger partial charge in [-0.2, -0.15) is 22.0 Å². The Balaban J connectivity index is 3.24. The number of carbonyl (C=O) groups is 1. The van der Waals surface area contributed by atoms with Crippen molar-refractivity contribution in [2.45, 2.75) is 34.8 Å². The molecule has 0 saturated carbocycles. The van der Waals surface area contributed by atoms with Gasteiger partial charge in [0.15, 0.2) is 0 Å². The van der Waals surface area contributed by atoms with E-state index in [9.17, 15) is 26.7 Å². The molecule has 0 aromatic rings. The van der Waals surface area contributed by atoms with E-state index in [2.05, 4.69) is 9.47 Å². The van der Waals surface area contributed by atoms with Gasteiger partial charge in [-0.25, -0.2) is 0 Å². The number of ether oxygens (including phenoxy) is 2. The summed E-state index contributed by atoms with van der Waals surface area (Å²) in [6.45, 7) is -0.0551. The van der Waals surface area contributed by atoms with Gasteiger partial charge in [-0.3, -0.25) is 4.79 Å². The van der Waals surface area contributed by atoms with Crippen LogP contribution in [-0.4, -0.2) is 39.2 Å². The number of halogens is 6. The Morgan fingerprint density at radius 2 is 1.94 bits per heavy atom. The molecule has 18 heavy (non-hydrogen) atoms. The topological polar surface area (TPSA) is 55.8 Å². The number of hydrogen-bond acceptors (Lipinski definition) is 4. The number of esters is 1. The van der Waals surface area contributed by atoms with Crippen molar-refractivity contribution in [1.82, 2.24) is 0 Å². The van der Waals surface area contributed by atoms with Crippen LogP contribution in [0.4, 0.5) is 22.0 Å². The molecule has 0 aliphatic carbocycles. The molecule has 0 aromatic heterocycles. The molecule has 0 radical (unpaired) electrons. The quantitative estimate of drug-likeness (QED) is 0.322. The number of alkyl halides is 6. The molecular formula is C8H8F5IO4. The molecule has 0 amide bonds. The largest absolute Gasteiger partial charge is 0.449 e. The number of rotatable bonds is 1. The minimum atomic E-state index is -5.73. The predicted molar refractivity (Wildman–Crippen MR) is 55.0 cm³/mol. The minimum absolute atomic E-state index is 0.682. The molecule has 1 aliphatic heterocycles. The summed E-state index contributed by atoms with van der Waals surface area (Å²) in [6, 6.07) is 0. The molecule has 1 aliphatic rings. The lowest BCUT2D eigenvalue weighted by Crippen LogP contribution is -2.71. The van der Waals surface area contributed by atoms with Crippen LogP contribution in [0.25, 0.3) is 0 Å². The van der Waals surface area contributed by atoms with E-state index in [4.69, 9.17) is 5.11 Å². The van der Waals surface area contributed by atoms with E-state index in [0.717, 1.165) is 29.5 Å². The molecule has 4 nitrogen and oxygen atoms in total. The summed E-state index contributed by atoms with van der Waals surface area (Å²) in [4.78, 5) is 10.7. The summed E-state index contributed by atoms with van der Waals surface area (Å²) in [5, 5.41) is 9.09. The third-order valence-corrected chi connectivity index (χ3v) is 3.76. The molecule has 0 bridgehead atoms. The van der Waals surface area contributed by atoms with Gasteiger partial charge >= 0.3 is 23.9 Å². The van der Waals surface area contributed by atoms with Crippen molar-refractivity contribution < 1.29 is 41.3 Å². The molecular weight excluding hydrogens is 382 g/mol. The molecule has 1 saturated heterocycles. The molecule has 0 spiro atoms. The van der Waals surface area contributed by atoms with Crippen molar-refractivity contribution >= 4 is 28.6 Å². The van der Waals surface area contributed by atoms with Crippen LogP contribution in [0.1, 0.15) is 13.3 Å². The maximum absolute atomic E-state index is 13.8. The van der Waals surface area contributed by atoms with Crippen molar-refractivity contribution in [3.63, 3.8) is 0 Å². The summed E-state index contributed by atoms with van der Waals surface area (Å²) < 4.78 is 70.3. The third-order valence-electron chi connectivity index (χ3n) is 2.32. The van der Waals surface area contributed by atoms with Gasteiger partial charge in [-0.15, -0.1) is 0 Å². The molecule has 1 rings (SSSR count). The highest BCUT2D eigenvalue weighted by Gasteiger charge is 2.80. The van der Waals surface area contributed by atoms with E-state index >= 15 is 0 Å². The van der Waals surface area contributed by atoms with Crippen LogP contribution in [0.5, 0.6) is 0 Å². The second-order valence-corrected chi connectivity index (χ2v) is 5.38. The molecule has 0 aromatic carbocycles. The monoisotopic (exact) mass is 390 g/mol. The third kappa shape index (κ3) is 2.18. The second kappa shape index (κ2) is 4.40. The fourth-order valence-electron chi connectivity index (χ4n) is 1.43. The first-order chi connectivity index (χ1) is 7.87. The lowest BCUT2D eigenvalue weighted by Gasteiger charge is -2.47. The Morgan fingerprint density at radius 1 is 1.44 bits per heavy atom. The number of hydrogen-bond donors (Lipinski definition) is 1. The molecule has 1 N–H and O–H groups in total. The smallest absolute Gasteiger partial charge is 0.442 e. The summed E-state index contributed by atoms with van der Waals surface area (Å²) in [5.41, 5.74) is 0. The van der Waals surface area contributed by atoms with E-state index in [1.807, 2.05) is 0 Å². The van der Waals surface area contributed by atoms with Gasteiger partial charge < -0.3 is 14.6 Å². The van der Waals surface area contributed by atoms with Gasteiger partial charge in [0, 0.05) is 13.3 Å². The fourth-order valence-corrected chi connectivity index (χ4v) is 2.33. The maximum Gasteiger partial charge on any atom is 0.449 e. The molecule has 10 heteroatoms. The normalized spacial score (nSPS) is 36.2. The van der Waals surface area contributed by atoms with Crippen molar-refractivity contribution in [3.05, 3.63) is 0 Å². The van der Waals surface area contributed by atoms with E-state index in [0.29, 0.717) is 0 Å². The maximum atomic E-state index is 13.8. The molecule has 106 valence electrons. The highest BCUT2D eigenvalue weighted by molar-refractivity contribution is 14.1. The zero-order valence-electron chi connectivity index (χ0n) is 8.85. The highest BCUT2D eigenvalue weighted by Crippen LogP contribution is 2.56. The molecule has 2 atom stereocenters. The first kappa shape index (κ1) is 15.8. The Morgan fingerprint density at radius 3 is 2.33 bits per heavy atom. The number of carbonyl (C=O) groups excluding carboxylic acids is 1. The van der Waals surface area contributed by atoms with Gasteiger partial charge in [-0.1, -0.05) is 0 Å². The summed E-state index contributed by atoms with van der Waals surface area (Å²) >= 11 is 0.880. The van der Waals surface area contributed by atoms with E-state index in [1.54, 1.807) is 0 Å². The standard InChI is InChI=1S/C8H8F5IO4/c1-4(15)18-5(14)2-3-17-7(16,6(5,9)10)8(11,12)13/h16H,2-3H2,1H3. The average molecular weight is 390 g/mol. The van der Waals surface area contributed by atoms with Crippen molar-refractivity contribution in [3.8, 4) is 0 Å². The second-order valence-electron chi connectivity index (χ2n) is 3.64. The lowest BCUT2D eigenvalue weighted by atomic mass is 9.96. The molecule has 2 unspecified atom stereocenters. The predicted octanol–water partition coefficient (Wildman–Crippen LogP) is 1.99. The first-order valence-electron chi connectivity index (χ1n) is 4.57. The highest BCUT2D eigenvalue weighted by atomic mass is 127. The summed E-state index contributed by atoms with van der Waals surface area (Å²) in [5.74, 6) is -10.7. The van der Waals surface area contributed by atoms with Crippen molar-refractivity contribution in [2.75, 3.05) is 6.61 Å². The lowest BCUT2D eigenvalue weighted by molar-refractivity contribution is -0.458. The van der Waals surface area contributed by atoms with Crippen LogP contribution < -0.4 is 0 Å². The van der Waals surface area contributed by atoms with Crippen LogP contribution in [0.3, 0.4) is 0 Å². The summed E-state index contributed by atoms with van der Waals surface area (Å²) in [6.07, 6.45) is -6.41. The van der Waals surface area contributed by atoms with Crippen molar-refractivity contribution in [1.29, 1.82) is 0 Å². The van der Waals surface area contributed by atoms with E-state index in [1.165, 1.54) is 0 Å². The van der Waals surface area contributed by atoms with Crippen LogP contribution in [0.2, 0.25) is 0 Å². The van der Waals surface area contributed by atoms with Gasteiger partial charge in [0.2, 0.25) is 3.61 Å². The fraction of sp³-hybridized carbons (Fsp3) is 0.875. The van der Waals surface area contributed by atoms with Gasteiger partial charge in [-0.05, 0) is 22.6 Å². The Hall–Kier alpha value is -0.230. The zero-order valence-corrected chi connectivity index (χ0v) is 11.0. The summed E-state index contributed by atoms with van der Waals surface area (Å²) in [7, 11) is 0. The van der Waals surface area contributed by atoms with Crippen LogP contribution in [-0.2, 0) is 14.3 Å². The first-order valence-corrected chi connectivity index (χ1v) is 5.64. The van der Waals surface area contributed by atoms with Gasteiger partial charge in [0.25, 0.3) is 0 Å². The zero-order chi connectivity index (χ0) is 14.4. The van der Waals surface area contributed by atoms with Crippen LogP contribution >= 0.6 is 22.6 Å². The average Bonchev–Trinajstić information content (AvgIpc) is 2.11. The number of aliphatic hydroxyl groups is 1. The SMILES string of the molecule is CC(=O)OC1(I)CCOC(O)(C(F)(F)F)C1(F)F. The minimum Gasteiger partial charge on any atom is -0.442 e. The molecule has 1 fully saturated rings. The Kier molecular flexibility index (Phi) is 3.87. The van der Waals surface area contributed by atoms with Crippen LogP contribution in [0.15, 0.2) is 0 Å². The Labute approximate surface area is 112 Å². The van der Waals surface area contributed by atoms with E-state index < -0.39 is 40.5 Å². The van der Waals surface area contributed by atoms with Gasteiger partial charge in [0.1, 0.15) is 0 Å². The molecule has 1 heterocycles. The van der Waals surface area contributed by atoms with E-state index in [-0.39, 0.29) is 0 Å². The Bertz CT molecular complexity index is 360. The van der Waals surface area contributed by atoms with Crippen LogP contribution in [0, 0.1) is 0 Å². The van der Waals surface area contributed by atoms with Crippen molar-refractivity contribution in [2.24, 2.45) is 0 Å². The van der Waals surface area contributed by atoms with Gasteiger partial charge in [0.05, 0.1) is 6.61 Å².